The van der Waals surface area contributed by atoms with Crippen molar-refractivity contribution in [2.75, 3.05) is 13.2 Å². The molecule has 254 valence electrons. The highest BCUT2D eigenvalue weighted by atomic mass is 79.9. The van der Waals surface area contributed by atoms with Gasteiger partial charge in [-0.25, -0.2) is 10.4 Å². The fraction of sp³-hybridized carbons (Fsp3) is 0.257. The average molecular weight is 738 g/mol. The number of aliphatic hydroxyl groups is 1. The number of carbonyl (C=O) groups is 1. The van der Waals surface area contributed by atoms with Crippen LogP contribution in [0.15, 0.2) is 112 Å². The van der Waals surface area contributed by atoms with E-state index in [1.165, 1.54) is 18.2 Å². The molecule has 0 bridgehead atoms. The number of rotatable bonds is 14. The van der Waals surface area contributed by atoms with Gasteiger partial charge in [0, 0.05) is 40.9 Å². The first-order valence-corrected chi connectivity index (χ1v) is 16.1. The zero-order chi connectivity index (χ0) is 34.9. The lowest BCUT2D eigenvalue weighted by molar-refractivity contribution is -0.138. The number of benzene rings is 4. The highest BCUT2D eigenvalue weighted by molar-refractivity contribution is 9.10. The van der Waals surface area contributed by atoms with Gasteiger partial charge in [0.2, 0.25) is 5.90 Å². The van der Waals surface area contributed by atoms with Gasteiger partial charge < -0.3 is 14.6 Å². The molecule has 14 heteroatoms. The second-order valence-electron chi connectivity index (χ2n) is 11.1. The van der Waals surface area contributed by atoms with Gasteiger partial charge in [-0.05, 0) is 70.2 Å². The molecule has 0 aliphatic carbocycles. The van der Waals surface area contributed by atoms with Gasteiger partial charge in [-0.15, -0.1) is 0 Å². The zero-order valence-corrected chi connectivity index (χ0v) is 27.6. The van der Waals surface area contributed by atoms with Crippen LogP contribution in [-0.2, 0) is 35.2 Å². The van der Waals surface area contributed by atoms with Crippen LogP contribution in [0.3, 0.4) is 0 Å². The van der Waals surface area contributed by atoms with E-state index in [4.69, 9.17) is 25.1 Å². The molecule has 49 heavy (non-hydrogen) atoms. The van der Waals surface area contributed by atoms with E-state index in [0.29, 0.717) is 35.5 Å². The summed E-state index contributed by atoms with van der Waals surface area (Å²) >= 11 is 3.44. The first-order valence-electron chi connectivity index (χ1n) is 15.3. The van der Waals surface area contributed by atoms with Crippen molar-refractivity contribution in [1.29, 1.82) is 0 Å². The lowest BCUT2D eigenvalue weighted by atomic mass is 9.81. The van der Waals surface area contributed by atoms with E-state index >= 15 is 0 Å². The molecule has 0 aromatic heterocycles. The lowest BCUT2D eigenvalue weighted by Gasteiger charge is -2.32. The molecule has 1 heterocycles. The molecule has 0 saturated carbocycles. The Morgan fingerprint density at radius 2 is 1.71 bits per heavy atom. The van der Waals surface area contributed by atoms with Crippen molar-refractivity contribution in [2.45, 2.75) is 43.8 Å². The second kappa shape index (κ2) is 16.0. The Labute approximate surface area is 288 Å². The van der Waals surface area contributed by atoms with Crippen LogP contribution in [0, 0.1) is 0 Å². The summed E-state index contributed by atoms with van der Waals surface area (Å²) in [4.78, 5) is 22.3. The largest absolute Gasteiger partial charge is 0.494 e. The number of hydrogen-bond donors (Lipinski definition) is 3. The van der Waals surface area contributed by atoms with Gasteiger partial charge in [0.1, 0.15) is 5.75 Å². The molecule has 1 aliphatic heterocycles. The molecule has 4 aromatic rings. The third kappa shape index (κ3) is 8.59. The number of amides is 1. The van der Waals surface area contributed by atoms with Crippen molar-refractivity contribution in [3.05, 3.63) is 145 Å². The summed E-state index contributed by atoms with van der Waals surface area (Å²) in [7, 11) is 0. The number of nitrogens with one attached hydrogen (secondary N) is 2. The van der Waals surface area contributed by atoms with Crippen molar-refractivity contribution >= 4 is 27.7 Å². The topological polar surface area (TPSA) is 141 Å². The minimum Gasteiger partial charge on any atom is -0.494 e. The Kier molecular flexibility index (Phi) is 11.6. The lowest BCUT2D eigenvalue weighted by Crippen LogP contribution is -2.53. The number of hydrazine groups is 1. The van der Waals surface area contributed by atoms with E-state index in [9.17, 15) is 18.0 Å². The summed E-state index contributed by atoms with van der Waals surface area (Å²) < 4.78 is 54.1. The molecule has 0 spiro atoms. The number of carbonyl (C=O) groups excluding carboxylic acids is 1. The van der Waals surface area contributed by atoms with Crippen LogP contribution in [0.5, 0.6) is 5.75 Å². The van der Waals surface area contributed by atoms with Crippen molar-refractivity contribution in [2.24, 2.45) is 10.1 Å². The van der Waals surface area contributed by atoms with Crippen LogP contribution < -0.4 is 15.6 Å². The molecule has 0 radical (unpaired) electrons. The van der Waals surface area contributed by atoms with Crippen LogP contribution >= 0.6 is 15.9 Å². The van der Waals surface area contributed by atoms with Gasteiger partial charge in [0.25, 0.3) is 5.91 Å². The minimum atomic E-state index is -4.58. The van der Waals surface area contributed by atoms with E-state index in [1.807, 2.05) is 24.3 Å². The summed E-state index contributed by atoms with van der Waals surface area (Å²) in [6.45, 7) is -0.0149. The zero-order valence-electron chi connectivity index (χ0n) is 26.0. The van der Waals surface area contributed by atoms with Crippen molar-refractivity contribution in [1.82, 2.24) is 10.9 Å². The molecule has 2 atom stereocenters. The summed E-state index contributed by atoms with van der Waals surface area (Å²) in [6.07, 6.45) is -5.11. The Morgan fingerprint density at radius 3 is 2.41 bits per heavy atom. The fourth-order valence-electron chi connectivity index (χ4n) is 5.49. The smallest absolute Gasteiger partial charge is 0.416 e. The monoisotopic (exact) mass is 736 g/mol. The molecule has 10 nitrogen and oxygen atoms in total. The van der Waals surface area contributed by atoms with Crippen LogP contribution in [-0.4, -0.2) is 35.7 Å². The fourth-order valence-corrected chi connectivity index (χ4v) is 5.76. The number of aliphatic imine (C=N–C) groups is 1. The second-order valence-corrected chi connectivity index (χ2v) is 12.1. The van der Waals surface area contributed by atoms with Gasteiger partial charge >= 0.3 is 6.18 Å². The van der Waals surface area contributed by atoms with E-state index in [1.54, 1.807) is 48.5 Å². The molecular weight excluding hydrogens is 705 g/mol. The molecule has 1 amide bonds. The average Bonchev–Trinajstić information content (AvgIpc) is 3.48. The standard InChI is InChI=1S/C35H32BrF3N6O4/c36-27-14-10-23(11-15-27)20-34(33(47)44-41-22-26-7-2-4-9-30(26)35(37,38)39)31(29-8-3-1-6-25(29)21-42-45-40)49-32(43-34)24-12-16-28(17-13-24)48-19-5-18-46/h1-4,6-17,31,41,46H,5,18-22H2,(H,44,47)/t31-,34-/m0/s1. The van der Waals surface area contributed by atoms with Gasteiger partial charge in [-0.1, -0.05) is 75.6 Å². The van der Waals surface area contributed by atoms with Crippen molar-refractivity contribution < 1.29 is 32.5 Å². The van der Waals surface area contributed by atoms with Crippen LogP contribution in [0.25, 0.3) is 10.4 Å². The summed E-state index contributed by atoms with van der Waals surface area (Å²) in [5, 5.41) is 12.8. The highest BCUT2D eigenvalue weighted by Gasteiger charge is 2.54. The predicted molar refractivity (Wildman–Crippen MR) is 180 cm³/mol. The summed E-state index contributed by atoms with van der Waals surface area (Å²) in [5.41, 5.74) is 14.3. The quantitative estimate of drug-likeness (QED) is 0.0408. The van der Waals surface area contributed by atoms with Crippen LogP contribution in [0.1, 0.15) is 45.9 Å². The highest BCUT2D eigenvalue weighted by Crippen LogP contribution is 2.44. The number of alkyl halides is 3. The first kappa shape index (κ1) is 35.4. The third-order valence-electron chi connectivity index (χ3n) is 7.86. The van der Waals surface area contributed by atoms with Gasteiger partial charge in [0.05, 0.1) is 18.7 Å². The molecule has 0 unspecified atom stereocenters. The number of nitrogens with zero attached hydrogens (tertiary/aromatic N) is 4. The third-order valence-corrected chi connectivity index (χ3v) is 8.39. The summed E-state index contributed by atoms with van der Waals surface area (Å²) in [6, 6.07) is 26.4. The molecule has 1 aliphatic rings. The molecule has 5 rings (SSSR count). The Balaban J connectivity index is 1.56. The van der Waals surface area contributed by atoms with Gasteiger partial charge in [-0.3, -0.25) is 10.2 Å². The van der Waals surface area contributed by atoms with Crippen LogP contribution in [0.4, 0.5) is 13.2 Å². The van der Waals surface area contributed by atoms with E-state index < -0.39 is 29.3 Å². The number of ether oxygens (including phenoxy) is 2. The molecule has 0 saturated heterocycles. The Hall–Kier alpha value is -4.88. The van der Waals surface area contributed by atoms with E-state index in [2.05, 4.69) is 36.8 Å². The minimum absolute atomic E-state index is 0.00250. The normalized spacial score (nSPS) is 17.1. The molecular formula is C35H32BrF3N6O4. The first-order chi connectivity index (χ1) is 23.6. The van der Waals surface area contributed by atoms with Crippen LogP contribution in [0.2, 0.25) is 0 Å². The SMILES string of the molecule is [N-]=[N+]=NCc1ccccc1[C@@H]1OC(c2ccc(OCCCO)cc2)=N[C@]1(Cc1ccc(Br)cc1)C(=O)NNCc1ccccc1C(F)(F)F. The van der Waals surface area contributed by atoms with Gasteiger partial charge in [0.15, 0.2) is 11.6 Å². The van der Waals surface area contributed by atoms with E-state index in [-0.39, 0.29) is 37.6 Å². The summed E-state index contributed by atoms with van der Waals surface area (Å²) in [5.74, 6) is 0.0666. The molecule has 0 fully saturated rings. The number of halogens is 4. The molecule has 4 aromatic carbocycles. The van der Waals surface area contributed by atoms with Crippen molar-refractivity contribution in [3.63, 3.8) is 0 Å². The predicted octanol–water partition coefficient (Wildman–Crippen LogP) is 7.36. The molecule has 3 N–H and O–H groups in total. The van der Waals surface area contributed by atoms with E-state index in [0.717, 1.165) is 16.1 Å². The number of azide groups is 1. The van der Waals surface area contributed by atoms with Gasteiger partial charge in [-0.2, -0.15) is 13.2 Å². The van der Waals surface area contributed by atoms with Crippen molar-refractivity contribution in [3.8, 4) is 5.75 Å². The number of aliphatic hydroxyl groups excluding tert-OH is 1. The Bertz CT molecular complexity index is 1830. The number of hydrogen-bond acceptors (Lipinski definition) is 7. The Morgan fingerprint density at radius 1 is 1.02 bits per heavy atom. The maximum Gasteiger partial charge on any atom is 0.416 e. The maximum absolute atomic E-state index is 14.5. The maximum atomic E-state index is 14.5.